The van der Waals surface area contributed by atoms with Crippen molar-refractivity contribution in [3.8, 4) is 5.75 Å². The number of aryl methyl sites for hydroxylation is 1. The molecule has 1 saturated heterocycles. The number of carbonyl (C=O) groups excluding carboxylic acids is 1. The van der Waals surface area contributed by atoms with E-state index in [0.717, 1.165) is 114 Å². The molecule has 2 bridgehead atoms. The minimum Gasteiger partial charge on any atom is -0.490 e. The van der Waals surface area contributed by atoms with Gasteiger partial charge in [-0.3, -0.25) is 9.69 Å². The molecule has 9 nitrogen and oxygen atoms in total. The van der Waals surface area contributed by atoms with Crippen molar-refractivity contribution in [2.24, 2.45) is 17.8 Å². The molecule has 1 saturated carbocycles. The van der Waals surface area contributed by atoms with Gasteiger partial charge in [-0.25, -0.2) is 13.1 Å². The molecular formula is C38H52ClN3O6S. The number of anilines is 1. The highest BCUT2D eigenvalue weighted by Crippen LogP contribution is 2.50. The van der Waals surface area contributed by atoms with Crippen molar-refractivity contribution >= 4 is 33.2 Å². The van der Waals surface area contributed by atoms with E-state index in [2.05, 4.69) is 26.7 Å². The van der Waals surface area contributed by atoms with Crippen molar-refractivity contribution in [2.75, 3.05) is 64.6 Å². The molecular weight excluding hydrogens is 662 g/mol. The van der Waals surface area contributed by atoms with Gasteiger partial charge in [-0.15, -0.1) is 0 Å². The minimum absolute atomic E-state index is 0.131. The molecule has 0 radical (unpaired) electrons. The molecule has 0 unspecified atom stereocenters. The second-order valence-corrected chi connectivity index (χ2v) is 17.9. The molecule has 5 aliphatic rings. The summed E-state index contributed by atoms with van der Waals surface area (Å²) in [6, 6.07) is 11.7. The quantitative estimate of drug-likeness (QED) is 0.425. The van der Waals surface area contributed by atoms with Crippen LogP contribution in [0.3, 0.4) is 0 Å². The molecule has 1 amide bonds. The third-order valence-corrected chi connectivity index (χ3v) is 14.8. The summed E-state index contributed by atoms with van der Waals surface area (Å²) in [5.41, 5.74) is 3.13. The summed E-state index contributed by atoms with van der Waals surface area (Å²) >= 11 is 6.48. The van der Waals surface area contributed by atoms with Crippen molar-refractivity contribution in [3.63, 3.8) is 0 Å². The minimum atomic E-state index is -3.91. The molecule has 1 N–H and O–H groups in total. The van der Waals surface area contributed by atoms with Crippen LogP contribution in [-0.4, -0.2) is 89.7 Å². The fraction of sp³-hybridized carbons (Fsp3) is 0.658. The fourth-order valence-electron chi connectivity index (χ4n) is 9.40. The van der Waals surface area contributed by atoms with Gasteiger partial charge < -0.3 is 19.1 Å². The number of hydrogen-bond donors (Lipinski definition) is 1. The highest BCUT2D eigenvalue weighted by molar-refractivity contribution is 7.90. The summed E-state index contributed by atoms with van der Waals surface area (Å²) in [5, 5.41) is 0.0267. The Labute approximate surface area is 297 Å². The number of halogens is 1. The van der Waals surface area contributed by atoms with Crippen LogP contribution in [0.25, 0.3) is 0 Å². The molecule has 0 aromatic heterocycles. The largest absolute Gasteiger partial charge is 0.490 e. The summed E-state index contributed by atoms with van der Waals surface area (Å²) in [5.74, 6) is 0.726. The van der Waals surface area contributed by atoms with Crippen molar-refractivity contribution in [1.29, 1.82) is 0 Å². The first-order valence-corrected chi connectivity index (χ1v) is 20.2. The Morgan fingerprint density at radius 2 is 1.86 bits per heavy atom. The maximum Gasteiger partial charge on any atom is 0.264 e. The third kappa shape index (κ3) is 6.85. The van der Waals surface area contributed by atoms with Crippen LogP contribution in [0.2, 0.25) is 5.02 Å². The van der Waals surface area contributed by atoms with E-state index in [1.807, 2.05) is 32.2 Å². The number of methoxy groups -OCH3 is 1. The number of morpholine rings is 1. The van der Waals surface area contributed by atoms with Gasteiger partial charge in [0.2, 0.25) is 10.0 Å². The Bertz CT molecular complexity index is 1650. The molecule has 2 aromatic carbocycles. The SMILES string of the molecule is CO[C@]1(CN2CCOCC2)CCC[C@H](C)[C@@H](C)S(=O)(=O)NC(=O)c2ccc3c(c2)N(C[C@@H]2CC[C@H]21)C[C@@]1(CCCc2cc(Cl)ccc21)CO3. The van der Waals surface area contributed by atoms with Crippen LogP contribution in [0.5, 0.6) is 5.75 Å². The van der Waals surface area contributed by atoms with Gasteiger partial charge in [-0.05, 0) is 111 Å². The topological polar surface area (TPSA) is 97.4 Å². The summed E-state index contributed by atoms with van der Waals surface area (Å²) < 4.78 is 48.5. The van der Waals surface area contributed by atoms with E-state index in [-0.39, 0.29) is 16.9 Å². The van der Waals surface area contributed by atoms with E-state index >= 15 is 0 Å². The number of nitrogens with one attached hydrogen (secondary N) is 1. The van der Waals surface area contributed by atoms with E-state index < -0.39 is 21.2 Å². The number of hydrogen-bond acceptors (Lipinski definition) is 8. The Kier molecular flexibility index (Phi) is 10.0. The molecule has 268 valence electrons. The van der Waals surface area contributed by atoms with Crippen molar-refractivity contribution in [3.05, 3.63) is 58.1 Å². The Morgan fingerprint density at radius 1 is 1.04 bits per heavy atom. The lowest BCUT2D eigenvalue weighted by molar-refractivity contribution is -0.137. The van der Waals surface area contributed by atoms with Crippen molar-refractivity contribution < 1.29 is 27.4 Å². The number of nitrogens with zero attached hydrogens (tertiary/aromatic N) is 2. The number of sulfonamides is 1. The van der Waals surface area contributed by atoms with E-state index in [1.165, 1.54) is 11.1 Å². The first-order valence-electron chi connectivity index (χ1n) is 18.2. The van der Waals surface area contributed by atoms with Gasteiger partial charge in [0.1, 0.15) is 5.75 Å². The van der Waals surface area contributed by atoms with Crippen LogP contribution in [0.4, 0.5) is 5.69 Å². The lowest BCUT2D eigenvalue weighted by Gasteiger charge is -2.53. The van der Waals surface area contributed by atoms with Crippen LogP contribution < -0.4 is 14.4 Å². The van der Waals surface area contributed by atoms with Gasteiger partial charge in [-0.2, -0.15) is 0 Å². The monoisotopic (exact) mass is 713 g/mol. The number of benzene rings is 2. The molecule has 3 aliphatic heterocycles. The molecule has 3 heterocycles. The van der Waals surface area contributed by atoms with Gasteiger partial charge in [0.25, 0.3) is 5.91 Å². The predicted octanol–water partition coefficient (Wildman–Crippen LogP) is 5.82. The molecule has 1 spiro atoms. The standard InChI is InChI=1S/C38H52ClN3O6S/c1-26-6-4-15-38(46-3,24-41-16-18-47-19-17-41)33-11-8-30(33)22-42-23-37(14-5-7-28-20-31(39)10-12-32(28)37)25-48-35-13-9-29(21-34(35)42)36(43)40-49(44,45)27(26)2/h9-10,12-13,20-21,26-27,30,33H,4-8,11,14-19,22-25H2,1-3H3,(H,40,43)/t26-,27+,30-,33+,37-,38-/m0/s1. The Hall–Kier alpha value is -2.37. The van der Waals surface area contributed by atoms with Gasteiger partial charge >= 0.3 is 0 Å². The van der Waals surface area contributed by atoms with E-state index in [0.29, 0.717) is 24.0 Å². The molecule has 49 heavy (non-hydrogen) atoms. The van der Waals surface area contributed by atoms with E-state index in [1.54, 1.807) is 13.0 Å². The molecule has 7 rings (SSSR count). The van der Waals surface area contributed by atoms with Crippen molar-refractivity contribution in [2.45, 2.75) is 81.5 Å². The van der Waals surface area contributed by atoms with E-state index in [9.17, 15) is 13.2 Å². The van der Waals surface area contributed by atoms with Crippen LogP contribution in [0, 0.1) is 17.8 Å². The second kappa shape index (κ2) is 14.0. The fourth-order valence-corrected chi connectivity index (χ4v) is 10.9. The molecule has 11 heteroatoms. The van der Waals surface area contributed by atoms with Crippen molar-refractivity contribution in [1.82, 2.24) is 9.62 Å². The Morgan fingerprint density at radius 3 is 2.61 bits per heavy atom. The highest BCUT2D eigenvalue weighted by atomic mass is 35.5. The lowest BCUT2D eigenvalue weighted by Crippen LogP contribution is -2.58. The number of amides is 1. The molecule has 6 atom stereocenters. The maximum absolute atomic E-state index is 13.6. The molecule has 2 aromatic rings. The van der Waals surface area contributed by atoms with Gasteiger partial charge in [0, 0.05) is 55.8 Å². The first kappa shape index (κ1) is 35.1. The number of ether oxygens (including phenoxy) is 3. The zero-order chi connectivity index (χ0) is 34.4. The molecule has 2 aliphatic carbocycles. The average molecular weight is 714 g/mol. The van der Waals surface area contributed by atoms with Gasteiger partial charge in [0.05, 0.1) is 36.4 Å². The summed E-state index contributed by atoms with van der Waals surface area (Å²) in [7, 11) is -2.04. The predicted molar refractivity (Wildman–Crippen MR) is 192 cm³/mol. The smallest absolute Gasteiger partial charge is 0.264 e. The number of carbonyl (C=O) groups is 1. The summed E-state index contributed by atoms with van der Waals surface area (Å²) in [6.45, 7) is 9.83. The first-order chi connectivity index (χ1) is 23.5. The highest BCUT2D eigenvalue weighted by Gasteiger charge is 2.50. The van der Waals surface area contributed by atoms with Crippen LogP contribution in [0.15, 0.2) is 36.4 Å². The van der Waals surface area contributed by atoms with Gasteiger partial charge in [0.15, 0.2) is 0 Å². The van der Waals surface area contributed by atoms with E-state index in [4.69, 9.17) is 25.8 Å². The number of rotatable bonds is 3. The number of fused-ring (bicyclic) bond motifs is 4. The van der Waals surface area contributed by atoms with Crippen LogP contribution >= 0.6 is 11.6 Å². The third-order valence-electron chi connectivity index (χ3n) is 12.6. The summed E-state index contributed by atoms with van der Waals surface area (Å²) in [4.78, 5) is 18.5. The average Bonchev–Trinajstić information content (AvgIpc) is 3.22. The molecule has 2 fully saturated rings. The van der Waals surface area contributed by atoms with Gasteiger partial charge in [-0.1, -0.05) is 31.0 Å². The normalized spacial score (nSPS) is 33.7. The maximum atomic E-state index is 13.6. The summed E-state index contributed by atoms with van der Waals surface area (Å²) in [6.07, 6.45) is 7.65. The zero-order valence-electron chi connectivity index (χ0n) is 29.2. The second-order valence-electron chi connectivity index (χ2n) is 15.4. The lowest BCUT2D eigenvalue weighted by atomic mass is 9.62. The zero-order valence-corrected chi connectivity index (χ0v) is 30.8. The van der Waals surface area contributed by atoms with Crippen LogP contribution in [-0.2, 0) is 31.3 Å². The Balaban J connectivity index is 1.30. The van der Waals surface area contributed by atoms with Crippen LogP contribution in [0.1, 0.15) is 80.3 Å².